The molecule has 2 aromatic rings. The molecule has 126 valence electrons. The van der Waals surface area contributed by atoms with Crippen molar-refractivity contribution in [2.45, 2.75) is 13.8 Å². The van der Waals surface area contributed by atoms with Gasteiger partial charge in [-0.05, 0) is 25.5 Å². The van der Waals surface area contributed by atoms with Gasteiger partial charge in [0.2, 0.25) is 5.95 Å². The second kappa shape index (κ2) is 7.27. The molecule has 0 saturated carbocycles. The van der Waals surface area contributed by atoms with Crippen molar-refractivity contribution in [1.29, 1.82) is 0 Å². The lowest BCUT2D eigenvalue weighted by Crippen LogP contribution is -2.37. The van der Waals surface area contributed by atoms with Crippen molar-refractivity contribution in [3.8, 4) is 0 Å². The minimum atomic E-state index is -0.315. The van der Waals surface area contributed by atoms with Crippen LogP contribution in [0.3, 0.4) is 0 Å². The van der Waals surface area contributed by atoms with Crippen LogP contribution >= 0.6 is 0 Å². The topological polar surface area (TPSA) is 79.4 Å². The average Bonchev–Trinajstić information content (AvgIpc) is 2.59. The molecule has 0 radical (unpaired) electrons. The molecule has 2 heterocycles. The van der Waals surface area contributed by atoms with E-state index in [4.69, 9.17) is 4.74 Å². The van der Waals surface area contributed by atoms with Gasteiger partial charge in [0.1, 0.15) is 0 Å². The Bertz CT molecular complexity index is 711. The quantitative estimate of drug-likeness (QED) is 0.906. The van der Waals surface area contributed by atoms with Crippen LogP contribution in [0.1, 0.15) is 11.1 Å². The first-order valence-electron chi connectivity index (χ1n) is 7.92. The van der Waals surface area contributed by atoms with Crippen LogP contribution < -0.4 is 15.5 Å². The highest BCUT2D eigenvalue weighted by atomic mass is 16.5. The fraction of sp³-hybridized carbons (Fsp3) is 0.353. The number of aryl methyl sites for hydroxylation is 2. The standard InChI is InChI=1S/C17H21N5O2/c1-12-3-4-15(13(2)9-12)21-17(23)20-14-10-18-16(19-11-14)22-5-7-24-8-6-22/h3-4,9-11H,5-8H2,1-2H3,(H2,20,21,23). The number of hydrogen-bond donors (Lipinski definition) is 2. The van der Waals surface area contributed by atoms with Crippen molar-refractivity contribution < 1.29 is 9.53 Å². The SMILES string of the molecule is Cc1ccc(NC(=O)Nc2cnc(N3CCOCC3)nc2)c(C)c1. The van der Waals surface area contributed by atoms with Gasteiger partial charge in [-0.15, -0.1) is 0 Å². The number of carbonyl (C=O) groups is 1. The molecule has 2 N–H and O–H groups in total. The van der Waals surface area contributed by atoms with Crippen LogP contribution in [0.5, 0.6) is 0 Å². The minimum Gasteiger partial charge on any atom is -0.378 e. The highest BCUT2D eigenvalue weighted by Crippen LogP contribution is 2.17. The van der Waals surface area contributed by atoms with E-state index in [1.807, 2.05) is 32.0 Å². The molecule has 3 rings (SSSR count). The van der Waals surface area contributed by atoms with Crippen molar-refractivity contribution >= 4 is 23.4 Å². The van der Waals surface area contributed by atoms with Crippen LogP contribution in [-0.4, -0.2) is 42.3 Å². The van der Waals surface area contributed by atoms with E-state index in [0.717, 1.165) is 29.9 Å². The number of ether oxygens (including phenoxy) is 1. The van der Waals surface area contributed by atoms with E-state index in [1.165, 1.54) is 0 Å². The summed E-state index contributed by atoms with van der Waals surface area (Å²) in [6, 6.07) is 5.56. The first kappa shape index (κ1) is 16.2. The molecule has 0 atom stereocenters. The molecule has 1 aromatic carbocycles. The van der Waals surface area contributed by atoms with E-state index in [-0.39, 0.29) is 6.03 Å². The van der Waals surface area contributed by atoms with E-state index >= 15 is 0 Å². The van der Waals surface area contributed by atoms with Crippen LogP contribution in [0.15, 0.2) is 30.6 Å². The number of benzene rings is 1. The molecule has 1 aliphatic rings. The second-order valence-corrected chi connectivity index (χ2v) is 5.77. The van der Waals surface area contributed by atoms with Crippen LogP contribution in [0.4, 0.5) is 22.1 Å². The summed E-state index contributed by atoms with van der Waals surface area (Å²) in [6.07, 6.45) is 3.22. The molecule has 0 spiro atoms. The normalized spacial score (nSPS) is 14.3. The van der Waals surface area contributed by atoms with Crippen LogP contribution in [-0.2, 0) is 4.74 Å². The number of nitrogens with one attached hydrogen (secondary N) is 2. The number of hydrogen-bond acceptors (Lipinski definition) is 5. The summed E-state index contributed by atoms with van der Waals surface area (Å²) >= 11 is 0. The second-order valence-electron chi connectivity index (χ2n) is 5.77. The predicted molar refractivity (Wildman–Crippen MR) is 93.6 cm³/mol. The van der Waals surface area contributed by atoms with Gasteiger partial charge in [0.25, 0.3) is 0 Å². The molecule has 1 saturated heterocycles. The van der Waals surface area contributed by atoms with E-state index in [2.05, 4.69) is 25.5 Å². The first-order chi connectivity index (χ1) is 11.6. The van der Waals surface area contributed by atoms with Gasteiger partial charge in [0, 0.05) is 18.8 Å². The zero-order valence-electron chi connectivity index (χ0n) is 13.9. The Balaban J connectivity index is 1.59. The molecule has 1 fully saturated rings. The Labute approximate surface area is 141 Å². The maximum atomic E-state index is 12.1. The Morgan fingerprint density at radius 2 is 1.83 bits per heavy atom. The zero-order chi connectivity index (χ0) is 16.9. The summed E-state index contributed by atoms with van der Waals surface area (Å²) < 4.78 is 5.31. The lowest BCUT2D eigenvalue weighted by Gasteiger charge is -2.26. The Morgan fingerprint density at radius 1 is 1.12 bits per heavy atom. The fourth-order valence-electron chi connectivity index (χ4n) is 2.55. The van der Waals surface area contributed by atoms with E-state index in [1.54, 1.807) is 12.4 Å². The Morgan fingerprint density at radius 3 is 2.50 bits per heavy atom. The highest BCUT2D eigenvalue weighted by Gasteiger charge is 2.13. The largest absolute Gasteiger partial charge is 0.378 e. The molecule has 1 aliphatic heterocycles. The molecule has 7 nitrogen and oxygen atoms in total. The zero-order valence-corrected chi connectivity index (χ0v) is 13.9. The van der Waals surface area contributed by atoms with Gasteiger partial charge in [0.05, 0.1) is 31.3 Å². The number of urea groups is 1. The van der Waals surface area contributed by atoms with Gasteiger partial charge in [0.15, 0.2) is 0 Å². The third-order valence-electron chi connectivity index (χ3n) is 3.82. The number of anilines is 3. The van der Waals surface area contributed by atoms with E-state index in [9.17, 15) is 4.79 Å². The van der Waals surface area contributed by atoms with Crippen LogP contribution in [0, 0.1) is 13.8 Å². The van der Waals surface area contributed by atoms with Crippen LogP contribution in [0.2, 0.25) is 0 Å². The number of nitrogens with zero attached hydrogens (tertiary/aromatic N) is 3. The molecule has 2 amide bonds. The number of aromatic nitrogens is 2. The van der Waals surface area contributed by atoms with Gasteiger partial charge >= 0.3 is 6.03 Å². The maximum Gasteiger partial charge on any atom is 0.323 e. The smallest absolute Gasteiger partial charge is 0.323 e. The monoisotopic (exact) mass is 327 g/mol. The summed E-state index contributed by atoms with van der Waals surface area (Å²) in [5.74, 6) is 0.652. The average molecular weight is 327 g/mol. The number of morpholine rings is 1. The summed E-state index contributed by atoms with van der Waals surface area (Å²) in [7, 11) is 0. The molecular weight excluding hydrogens is 306 g/mol. The molecular formula is C17H21N5O2. The molecule has 0 bridgehead atoms. The highest BCUT2D eigenvalue weighted by molar-refractivity contribution is 6.00. The van der Waals surface area contributed by atoms with Gasteiger partial charge < -0.3 is 20.3 Å². The van der Waals surface area contributed by atoms with Crippen molar-refractivity contribution in [1.82, 2.24) is 9.97 Å². The number of rotatable bonds is 3. The van der Waals surface area contributed by atoms with Crippen molar-refractivity contribution in [2.24, 2.45) is 0 Å². The summed E-state index contributed by atoms with van der Waals surface area (Å²) in [4.78, 5) is 22.8. The van der Waals surface area contributed by atoms with E-state index in [0.29, 0.717) is 24.8 Å². The van der Waals surface area contributed by atoms with Gasteiger partial charge in [-0.2, -0.15) is 0 Å². The summed E-state index contributed by atoms with van der Waals surface area (Å²) in [6.45, 7) is 6.90. The number of carbonyl (C=O) groups excluding carboxylic acids is 1. The van der Waals surface area contributed by atoms with Gasteiger partial charge in [-0.3, -0.25) is 0 Å². The maximum absolute atomic E-state index is 12.1. The lowest BCUT2D eigenvalue weighted by molar-refractivity contribution is 0.122. The lowest BCUT2D eigenvalue weighted by atomic mass is 10.1. The predicted octanol–water partition coefficient (Wildman–Crippen LogP) is 2.57. The van der Waals surface area contributed by atoms with Crippen LogP contribution in [0.25, 0.3) is 0 Å². The van der Waals surface area contributed by atoms with E-state index < -0.39 is 0 Å². The fourth-order valence-corrected chi connectivity index (χ4v) is 2.55. The molecule has 0 unspecified atom stereocenters. The Hall–Kier alpha value is -2.67. The summed E-state index contributed by atoms with van der Waals surface area (Å²) in [5, 5.41) is 5.58. The molecule has 1 aromatic heterocycles. The van der Waals surface area contributed by atoms with Crippen molar-refractivity contribution in [3.05, 3.63) is 41.7 Å². The third-order valence-corrected chi connectivity index (χ3v) is 3.82. The molecule has 24 heavy (non-hydrogen) atoms. The molecule has 0 aliphatic carbocycles. The van der Waals surface area contributed by atoms with Crippen molar-refractivity contribution in [2.75, 3.05) is 41.8 Å². The summed E-state index contributed by atoms with van der Waals surface area (Å²) in [5.41, 5.74) is 3.51. The Kier molecular flexibility index (Phi) is 4.90. The molecule has 7 heteroatoms. The van der Waals surface area contributed by atoms with Gasteiger partial charge in [-0.25, -0.2) is 14.8 Å². The minimum absolute atomic E-state index is 0.315. The first-order valence-corrected chi connectivity index (χ1v) is 7.92. The number of amides is 2. The van der Waals surface area contributed by atoms with Crippen molar-refractivity contribution in [3.63, 3.8) is 0 Å². The third kappa shape index (κ3) is 3.99. The van der Waals surface area contributed by atoms with Gasteiger partial charge in [-0.1, -0.05) is 17.7 Å².